The minimum Gasteiger partial charge on any atom is -0.485 e. The van der Waals surface area contributed by atoms with Crippen LogP contribution in [0.15, 0.2) is 18.2 Å². The van der Waals surface area contributed by atoms with E-state index < -0.39 is 10.5 Å². The van der Waals surface area contributed by atoms with E-state index in [1.165, 1.54) is 0 Å². The van der Waals surface area contributed by atoms with Crippen molar-refractivity contribution in [3.05, 3.63) is 33.9 Å². The first-order valence-corrected chi connectivity index (χ1v) is 4.97. The lowest BCUT2D eigenvalue weighted by Gasteiger charge is -2.19. The maximum atomic E-state index is 10.9. The van der Waals surface area contributed by atoms with Gasteiger partial charge in [0.1, 0.15) is 6.61 Å². The normalized spacial score (nSPS) is 11.2. The second-order valence-corrected chi connectivity index (χ2v) is 4.46. The highest BCUT2D eigenvalue weighted by Crippen LogP contribution is 2.30. The third-order valence-corrected chi connectivity index (χ3v) is 1.98. The van der Waals surface area contributed by atoms with Gasteiger partial charge in [-0.3, -0.25) is 10.1 Å². The zero-order valence-corrected chi connectivity index (χ0v) is 9.69. The Labute approximate surface area is 94.4 Å². The number of hydrogen-bond acceptors (Lipinski definition) is 4. The largest absolute Gasteiger partial charge is 0.485 e. The summed E-state index contributed by atoms with van der Waals surface area (Å²) in [6.45, 7) is 5.51. The number of nitrogens with two attached hydrogens (primary N) is 1. The Hall–Kier alpha value is -1.62. The molecule has 0 radical (unpaired) electrons. The summed E-state index contributed by atoms with van der Waals surface area (Å²) in [6.07, 6.45) is 0. The smallest absolute Gasteiger partial charge is 0.313 e. The van der Waals surface area contributed by atoms with Crippen molar-refractivity contribution in [2.75, 3.05) is 6.61 Å². The van der Waals surface area contributed by atoms with Gasteiger partial charge in [-0.15, -0.1) is 0 Å². The number of benzene rings is 1. The lowest BCUT2D eigenvalue weighted by Crippen LogP contribution is -2.38. The van der Waals surface area contributed by atoms with Crippen molar-refractivity contribution >= 4 is 5.69 Å². The summed E-state index contributed by atoms with van der Waals surface area (Å²) in [5, 5.41) is 10.9. The predicted octanol–water partition coefficient (Wildman–Crippen LogP) is 2.02. The SMILES string of the molecule is Cc1cccc(OCC(C)(C)N)c1[N+](=O)[O-]. The van der Waals surface area contributed by atoms with Crippen LogP contribution in [-0.2, 0) is 0 Å². The third-order valence-electron chi connectivity index (χ3n) is 1.98. The number of nitro benzene ring substituents is 1. The molecule has 5 nitrogen and oxygen atoms in total. The van der Waals surface area contributed by atoms with Gasteiger partial charge in [-0.1, -0.05) is 12.1 Å². The summed E-state index contributed by atoms with van der Waals surface area (Å²) < 4.78 is 5.38. The molecule has 0 saturated heterocycles. The minimum absolute atomic E-state index is 0.00625. The highest BCUT2D eigenvalue weighted by Gasteiger charge is 2.20. The van der Waals surface area contributed by atoms with Gasteiger partial charge in [0.2, 0.25) is 0 Å². The van der Waals surface area contributed by atoms with Gasteiger partial charge < -0.3 is 10.5 Å². The van der Waals surface area contributed by atoms with Crippen LogP contribution in [0.5, 0.6) is 5.75 Å². The van der Waals surface area contributed by atoms with E-state index in [2.05, 4.69) is 0 Å². The number of aryl methyl sites for hydroxylation is 1. The van der Waals surface area contributed by atoms with Crippen LogP contribution < -0.4 is 10.5 Å². The van der Waals surface area contributed by atoms with Gasteiger partial charge in [-0.05, 0) is 26.8 Å². The zero-order chi connectivity index (χ0) is 12.3. The molecule has 2 N–H and O–H groups in total. The van der Waals surface area contributed by atoms with Crippen molar-refractivity contribution in [3.63, 3.8) is 0 Å². The molecule has 0 bridgehead atoms. The lowest BCUT2D eigenvalue weighted by atomic mass is 10.1. The van der Waals surface area contributed by atoms with Gasteiger partial charge in [0.25, 0.3) is 0 Å². The van der Waals surface area contributed by atoms with Crippen LogP contribution in [0.4, 0.5) is 5.69 Å². The van der Waals surface area contributed by atoms with Crippen molar-refractivity contribution in [2.24, 2.45) is 5.73 Å². The molecule has 0 aromatic heterocycles. The number of ether oxygens (including phenoxy) is 1. The lowest BCUT2D eigenvalue weighted by molar-refractivity contribution is -0.386. The van der Waals surface area contributed by atoms with Crippen molar-refractivity contribution in [3.8, 4) is 5.75 Å². The van der Waals surface area contributed by atoms with Gasteiger partial charge in [0, 0.05) is 11.1 Å². The first-order valence-electron chi connectivity index (χ1n) is 4.97. The maximum absolute atomic E-state index is 10.9. The van der Waals surface area contributed by atoms with Gasteiger partial charge in [-0.25, -0.2) is 0 Å². The van der Waals surface area contributed by atoms with Gasteiger partial charge in [-0.2, -0.15) is 0 Å². The average molecular weight is 224 g/mol. The summed E-state index contributed by atoms with van der Waals surface area (Å²) in [4.78, 5) is 10.4. The van der Waals surface area contributed by atoms with E-state index in [1.807, 2.05) is 0 Å². The zero-order valence-electron chi connectivity index (χ0n) is 9.69. The standard InChI is InChI=1S/C11H16N2O3/c1-8-5-4-6-9(10(8)13(14)15)16-7-11(2,3)12/h4-6H,7,12H2,1-3H3. The molecule has 0 saturated carbocycles. The van der Waals surface area contributed by atoms with Gasteiger partial charge >= 0.3 is 5.69 Å². The fourth-order valence-corrected chi connectivity index (χ4v) is 1.25. The van der Waals surface area contributed by atoms with Crippen LogP contribution in [-0.4, -0.2) is 17.1 Å². The van der Waals surface area contributed by atoms with Crippen LogP contribution in [0.2, 0.25) is 0 Å². The highest BCUT2D eigenvalue weighted by molar-refractivity contribution is 5.52. The summed E-state index contributed by atoms with van der Waals surface area (Å²) >= 11 is 0. The Morgan fingerprint density at radius 3 is 2.62 bits per heavy atom. The molecule has 16 heavy (non-hydrogen) atoms. The van der Waals surface area contributed by atoms with Crippen LogP contribution in [0.25, 0.3) is 0 Å². The molecule has 1 aromatic carbocycles. The molecule has 0 heterocycles. The topological polar surface area (TPSA) is 78.4 Å². The van der Waals surface area contributed by atoms with Gasteiger partial charge in [0.05, 0.1) is 4.92 Å². The molecular weight excluding hydrogens is 208 g/mol. The van der Waals surface area contributed by atoms with E-state index in [9.17, 15) is 10.1 Å². The van der Waals surface area contributed by atoms with Crippen molar-refractivity contribution < 1.29 is 9.66 Å². The minimum atomic E-state index is -0.516. The number of nitrogens with zero attached hydrogens (tertiary/aromatic N) is 1. The number of rotatable bonds is 4. The second kappa shape index (κ2) is 4.49. The van der Waals surface area contributed by atoms with E-state index in [0.29, 0.717) is 5.56 Å². The molecule has 0 fully saturated rings. The molecule has 0 unspecified atom stereocenters. The van der Waals surface area contributed by atoms with E-state index in [1.54, 1.807) is 39.0 Å². The van der Waals surface area contributed by atoms with E-state index in [4.69, 9.17) is 10.5 Å². The van der Waals surface area contributed by atoms with Crippen LogP contribution >= 0.6 is 0 Å². The highest BCUT2D eigenvalue weighted by atomic mass is 16.6. The van der Waals surface area contributed by atoms with Crippen molar-refractivity contribution in [1.29, 1.82) is 0 Å². The Morgan fingerprint density at radius 1 is 1.50 bits per heavy atom. The van der Waals surface area contributed by atoms with Crippen LogP contribution in [0.3, 0.4) is 0 Å². The molecular formula is C11H16N2O3. The average Bonchev–Trinajstić information content (AvgIpc) is 2.12. The fraction of sp³-hybridized carbons (Fsp3) is 0.455. The molecule has 5 heteroatoms. The quantitative estimate of drug-likeness (QED) is 0.626. The Kier molecular flexibility index (Phi) is 3.49. The molecule has 0 aliphatic carbocycles. The van der Waals surface area contributed by atoms with E-state index >= 15 is 0 Å². The molecule has 0 aliphatic rings. The Balaban J connectivity index is 2.96. The van der Waals surface area contributed by atoms with Gasteiger partial charge in [0.15, 0.2) is 5.75 Å². The summed E-state index contributed by atoms with van der Waals surface area (Å²) in [6, 6.07) is 4.98. The van der Waals surface area contributed by atoms with Crippen LogP contribution in [0.1, 0.15) is 19.4 Å². The van der Waals surface area contributed by atoms with E-state index in [-0.39, 0.29) is 18.0 Å². The molecule has 1 rings (SSSR count). The summed E-state index contributed by atoms with van der Waals surface area (Å²) in [5.74, 6) is 0.267. The van der Waals surface area contributed by atoms with Crippen molar-refractivity contribution in [2.45, 2.75) is 26.3 Å². The number of hydrogen-bond donors (Lipinski definition) is 1. The Bertz CT molecular complexity index is 397. The molecule has 0 atom stereocenters. The summed E-state index contributed by atoms with van der Waals surface area (Å²) in [5.41, 5.74) is 5.82. The first-order chi connectivity index (χ1) is 7.31. The molecule has 88 valence electrons. The second-order valence-electron chi connectivity index (χ2n) is 4.46. The van der Waals surface area contributed by atoms with Crippen LogP contribution in [0, 0.1) is 17.0 Å². The molecule has 0 spiro atoms. The predicted molar refractivity (Wildman–Crippen MR) is 61.6 cm³/mol. The maximum Gasteiger partial charge on any atom is 0.313 e. The number of para-hydroxylation sites is 1. The summed E-state index contributed by atoms with van der Waals surface area (Å²) in [7, 11) is 0. The number of nitro groups is 1. The third kappa shape index (κ3) is 3.20. The van der Waals surface area contributed by atoms with E-state index in [0.717, 1.165) is 0 Å². The first kappa shape index (κ1) is 12.4. The van der Waals surface area contributed by atoms with Crippen molar-refractivity contribution in [1.82, 2.24) is 0 Å². The molecule has 1 aromatic rings. The molecule has 0 amide bonds. The fourth-order valence-electron chi connectivity index (χ4n) is 1.25. The molecule has 0 aliphatic heterocycles. The monoisotopic (exact) mass is 224 g/mol. The Morgan fingerprint density at radius 2 is 2.12 bits per heavy atom.